The van der Waals surface area contributed by atoms with Crippen LogP contribution in [-0.2, 0) is 10.2 Å². The summed E-state index contributed by atoms with van der Waals surface area (Å²) in [6.45, 7) is 1.93. The Hall–Kier alpha value is -0.870. The molecular formula is C12H13BrO3. The van der Waals surface area contributed by atoms with E-state index < -0.39 is 17.5 Å². The van der Waals surface area contributed by atoms with E-state index in [2.05, 4.69) is 15.9 Å². The third-order valence-corrected chi connectivity index (χ3v) is 3.91. The van der Waals surface area contributed by atoms with Crippen LogP contribution in [0.15, 0.2) is 22.7 Å². The Bertz CT molecular complexity index is 436. The van der Waals surface area contributed by atoms with Gasteiger partial charge >= 0.3 is 5.97 Å². The first-order valence-corrected chi connectivity index (χ1v) is 5.93. The molecule has 2 rings (SSSR count). The molecule has 1 aliphatic rings. The Kier molecular flexibility index (Phi) is 2.80. The molecule has 0 amide bonds. The van der Waals surface area contributed by atoms with Crippen molar-refractivity contribution >= 4 is 21.9 Å². The molecule has 0 bridgehead atoms. The number of hydrogen-bond acceptors (Lipinski definition) is 2. The molecule has 0 saturated heterocycles. The van der Waals surface area contributed by atoms with Crippen molar-refractivity contribution in [1.29, 1.82) is 0 Å². The van der Waals surface area contributed by atoms with Gasteiger partial charge in [-0.1, -0.05) is 33.6 Å². The minimum Gasteiger partial charge on any atom is -0.481 e. The Morgan fingerprint density at radius 2 is 2.12 bits per heavy atom. The van der Waals surface area contributed by atoms with E-state index in [1.165, 1.54) is 0 Å². The van der Waals surface area contributed by atoms with Crippen LogP contribution in [0.3, 0.4) is 0 Å². The average molecular weight is 285 g/mol. The summed E-state index contributed by atoms with van der Waals surface area (Å²) in [7, 11) is 0. The average Bonchev–Trinajstić information content (AvgIpc) is 2.16. The number of aliphatic carboxylic acids is 1. The monoisotopic (exact) mass is 284 g/mol. The Labute approximate surface area is 102 Å². The summed E-state index contributed by atoms with van der Waals surface area (Å²) in [4.78, 5) is 11.4. The van der Waals surface area contributed by atoms with Crippen LogP contribution in [0, 0.1) is 6.92 Å². The predicted molar refractivity (Wildman–Crippen MR) is 63.4 cm³/mol. The number of rotatable bonds is 2. The van der Waals surface area contributed by atoms with Crippen LogP contribution in [0.2, 0.25) is 0 Å². The van der Waals surface area contributed by atoms with Crippen LogP contribution in [0.4, 0.5) is 0 Å². The maximum absolute atomic E-state index is 11.4. The van der Waals surface area contributed by atoms with Crippen LogP contribution in [0.25, 0.3) is 0 Å². The van der Waals surface area contributed by atoms with Crippen molar-refractivity contribution in [2.24, 2.45) is 0 Å². The molecule has 1 fully saturated rings. The number of carboxylic acids is 1. The van der Waals surface area contributed by atoms with E-state index in [1.54, 1.807) is 0 Å². The SMILES string of the molecule is Cc1ccc(Br)c(C2(C(=O)O)CC(O)C2)c1. The van der Waals surface area contributed by atoms with Gasteiger partial charge in [0.25, 0.3) is 0 Å². The van der Waals surface area contributed by atoms with Crippen LogP contribution < -0.4 is 0 Å². The number of halogens is 1. The van der Waals surface area contributed by atoms with Gasteiger partial charge in [0.1, 0.15) is 0 Å². The predicted octanol–water partition coefficient (Wildman–Crippen LogP) is 2.23. The van der Waals surface area contributed by atoms with Gasteiger partial charge in [-0.25, -0.2) is 0 Å². The molecule has 1 aliphatic carbocycles. The second-order valence-corrected chi connectivity index (χ2v) is 5.29. The molecule has 0 aromatic heterocycles. The van der Waals surface area contributed by atoms with Gasteiger partial charge in [-0.3, -0.25) is 4.79 Å². The third-order valence-electron chi connectivity index (χ3n) is 3.21. The van der Waals surface area contributed by atoms with E-state index in [4.69, 9.17) is 0 Å². The normalized spacial score (nSPS) is 28.6. The van der Waals surface area contributed by atoms with Crippen LogP contribution in [0.5, 0.6) is 0 Å². The number of carboxylic acid groups (broad SMARTS) is 1. The highest BCUT2D eigenvalue weighted by molar-refractivity contribution is 9.10. The van der Waals surface area contributed by atoms with Gasteiger partial charge < -0.3 is 10.2 Å². The highest BCUT2D eigenvalue weighted by Crippen LogP contribution is 2.46. The van der Waals surface area contributed by atoms with Crippen LogP contribution in [0.1, 0.15) is 24.0 Å². The number of carbonyl (C=O) groups is 1. The second kappa shape index (κ2) is 3.86. The lowest BCUT2D eigenvalue weighted by Crippen LogP contribution is -2.50. The molecule has 0 radical (unpaired) electrons. The lowest BCUT2D eigenvalue weighted by molar-refractivity contribution is -0.153. The van der Waals surface area contributed by atoms with Gasteiger partial charge in [-0.05, 0) is 31.4 Å². The van der Waals surface area contributed by atoms with E-state index in [-0.39, 0.29) is 0 Å². The van der Waals surface area contributed by atoms with Gasteiger partial charge in [0.15, 0.2) is 0 Å². The standard InChI is InChI=1S/C12H13BrO3/c1-7-2-3-10(13)9(4-7)12(11(15)16)5-8(14)6-12/h2-4,8,14H,5-6H2,1H3,(H,15,16). The Morgan fingerprint density at radius 3 is 2.62 bits per heavy atom. The topological polar surface area (TPSA) is 57.5 Å². The first-order valence-electron chi connectivity index (χ1n) is 5.14. The number of aliphatic hydroxyl groups is 1. The number of benzene rings is 1. The highest BCUT2D eigenvalue weighted by Gasteiger charge is 2.52. The molecule has 0 unspecified atom stereocenters. The summed E-state index contributed by atoms with van der Waals surface area (Å²) in [5, 5.41) is 18.7. The molecular weight excluding hydrogens is 272 g/mol. The molecule has 4 heteroatoms. The van der Waals surface area contributed by atoms with Crippen LogP contribution in [-0.4, -0.2) is 22.3 Å². The van der Waals surface area contributed by atoms with Gasteiger partial charge in [0.2, 0.25) is 0 Å². The molecule has 0 heterocycles. The maximum atomic E-state index is 11.4. The van der Waals surface area contributed by atoms with Crippen molar-refractivity contribution in [3.05, 3.63) is 33.8 Å². The molecule has 3 nitrogen and oxygen atoms in total. The minimum absolute atomic E-state index is 0.296. The first kappa shape index (κ1) is 11.6. The fraction of sp³-hybridized carbons (Fsp3) is 0.417. The zero-order valence-corrected chi connectivity index (χ0v) is 10.5. The van der Waals surface area contributed by atoms with Crippen molar-refractivity contribution in [2.45, 2.75) is 31.3 Å². The first-order chi connectivity index (χ1) is 7.45. The summed E-state index contributed by atoms with van der Waals surface area (Å²) in [6.07, 6.45) is 0.0953. The Balaban J connectivity index is 2.48. The van der Waals surface area contributed by atoms with Crippen molar-refractivity contribution in [3.63, 3.8) is 0 Å². The molecule has 1 saturated carbocycles. The summed E-state index contributed by atoms with van der Waals surface area (Å²) in [5.41, 5.74) is 0.884. The minimum atomic E-state index is -0.912. The lowest BCUT2D eigenvalue weighted by atomic mass is 9.62. The number of aliphatic hydroxyl groups excluding tert-OH is 1. The smallest absolute Gasteiger partial charge is 0.314 e. The van der Waals surface area contributed by atoms with E-state index in [0.717, 1.165) is 15.6 Å². The second-order valence-electron chi connectivity index (χ2n) is 4.43. The van der Waals surface area contributed by atoms with Crippen molar-refractivity contribution < 1.29 is 15.0 Å². The van der Waals surface area contributed by atoms with E-state index in [0.29, 0.717) is 12.8 Å². The molecule has 0 atom stereocenters. The quantitative estimate of drug-likeness (QED) is 0.876. The highest BCUT2D eigenvalue weighted by atomic mass is 79.9. The maximum Gasteiger partial charge on any atom is 0.314 e. The zero-order chi connectivity index (χ0) is 11.9. The summed E-state index contributed by atoms with van der Waals surface area (Å²) >= 11 is 3.38. The van der Waals surface area contributed by atoms with E-state index in [9.17, 15) is 15.0 Å². The van der Waals surface area contributed by atoms with Crippen LogP contribution >= 0.6 is 15.9 Å². The van der Waals surface area contributed by atoms with Gasteiger partial charge in [0.05, 0.1) is 11.5 Å². The molecule has 0 spiro atoms. The summed E-state index contributed by atoms with van der Waals surface area (Å²) in [6, 6.07) is 5.67. The molecule has 2 N–H and O–H groups in total. The molecule has 0 aliphatic heterocycles. The molecule has 1 aromatic carbocycles. The summed E-state index contributed by atoms with van der Waals surface area (Å²) in [5.74, 6) is -0.857. The molecule has 86 valence electrons. The van der Waals surface area contributed by atoms with Crippen molar-refractivity contribution in [1.82, 2.24) is 0 Å². The fourth-order valence-corrected chi connectivity index (χ4v) is 2.89. The van der Waals surface area contributed by atoms with Crippen molar-refractivity contribution in [3.8, 4) is 0 Å². The lowest BCUT2D eigenvalue weighted by Gasteiger charge is -2.42. The third kappa shape index (κ3) is 1.66. The van der Waals surface area contributed by atoms with Gasteiger partial charge in [0, 0.05) is 4.47 Å². The number of aryl methyl sites for hydroxylation is 1. The van der Waals surface area contributed by atoms with Gasteiger partial charge in [-0.15, -0.1) is 0 Å². The number of hydrogen-bond donors (Lipinski definition) is 2. The van der Waals surface area contributed by atoms with E-state index >= 15 is 0 Å². The van der Waals surface area contributed by atoms with Gasteiger partial charge in [-0.2, -0.15) is 0 Å². The summed E-state index contributed by atoms with van der Waals surface area (Å²) < 4.78 is 0.799. The fourth-order valence-electron chi connectivity index (χ4n) is 2.26. The zero-order valence-electron chi connectivity index (χ0n) is 8.90. The molecule has 16 heavy (non-hydrogen) atoms. The van der Waals surface area contributed by atoms with Crippen molar-refractivity contribution in [2.75, 3.05) is 0 Å². The Morgan fingerprint density at radius 1 is 1.50 bits per heavy atom. The largest absolute Gasteiger partial charge is 0.481 e. The molecule has 1 aromatic rings. The van der Waals surface area contributed by atoms with E-state index in [1.807, 2.05) is 25.1 Å².